The van der Waals surface area contributed by atoms with Gasteiger partial charge in [0.2, 0.25) is 23.5 Å². The van der Waals surface area contributed by atoms with Crippen molar-refractivity contribution in [1.82, 2.24) is 20.4 Å². The van der Waals surface area contributed by atoms with Crippen molar-refractivity contribution in [3.8, 4) is 11.4 Å². The summed E-state index contributed by atoms with van der Waals surface area (Å²) in [6.45, 7) is 3.46. The van der Waals surface area contributed by atoms with Crippen LogP contribution in [0.3, 0.4) is 0 Å². The molecule has 2 aliphatic rings. The van der Waals surface area contributed by atoms with Gasteiger partial charge in [-0.05, 0) is 50.0 Å². The minimum absolute atomic E-state index is 0.00200. The lowest BCUT2D eigenvalue weighted by atomic mass is 9.96. The highest BCUT2D eigenvalue weighted by Crippen LogP contribution is 2.23. The van der Waals surface area contributed by atoms with Crippen LogP contribution in [-0.2, 0) is 22.7 Å². The van der Waals surface area contributed by atoms with Gasteiger partial charge < -0.3 is 14.7 Å². The highest BCUT2D eigenvalue weighted by molar-refractivity contribution is 5.95. The van der Waals surface area contributed by atoms with Crippen molar-refractivity contribution in [2.24, 2.45) is 5.92 Å². The molecule has 8 heteroatoms. The van der Waals surface area contributed by atoms with Crippen LogP contribution in [0, 0.1) is 5.92 Å². The first-order chi connectivity index (χ1) is 16.7. The molecule has 5 rings (SSSR count). The van der Waals surface area contributed by atoms with E-state index in [1.165, 1.54) is 0 Å². The number of anilines is 1. The molecule has 0 bridgehead atoms. The summed E-state index contributed by atoms with van der Waals surface area (Å²) in [4.78, 5) is 33.3. The summed E-state index contributed by atoms with van der Waals surface area (Å²) in [5.41, 5.74) is 2.86. The summed E-state index contributed by atoms with van der Waals surface area (Å²) in [6, 6.07) is 17.7. The van der Waals surface area contributed by atoms with Crippen LogP contribution in [0.25, 0.3) is 11.4 Å². The zero-order valence-corrected chi connectivity index (χ0v) is 19.2. The van der Waals surface area contributed by atoms with Crippen LogP contribution in [0.4, 0.5) is 5.69 Å². The van der Waals surface area contributed by atoms with Gasteiger partial charge in [-0.25, -0.2) is 0 Å². The number of nitrogens with one attached hydrogen (secondary N) is 1. The minimum Gasteiger partial charge on any atom is -0.352 e. The number of benzene rings is 2. The maximum Gasteiger partial charge on any atom is 0.241 e. The number of carbonyl (C=O) groups excluding carboxylic acids is 2. The van der Waals surface area contributed by atoms with Gasteiger partial charge in [0.05, 0.1) is 6.54 Å². The van der Waals surface area contributed by atoms with Crippen LogP contribution in [0.2, 0.25) is 0 Å². The SMILES string of the molecule is O=C(NCc1cccc(N2CCCC2=O)c1)C1CCN(Cc2nc(-c3ccccc3)no2)CC1. The number of nitrogens with zero attached hydrogens (tertiary/aromatic N) is 4. The van der Waals surface area contributed by atoms with Gasteiger partial charge in [-0.1, -0.05) is 47.6 Å². The number of hydrogen-bond acceptors (Lipinski definition) is 6. The molecule has 2 fully saturated rings. The van der Waals surface area contributed by atoms with Crippen molar-refractivity contribution in [2.45, 2.75) is 38.8 Å². The normalized spacial score (nSPS) is 17.3. The van der Waals surface area contributed by atoms with E-state index < -0.39 is 0 Å². The summed E-state index contributed by atoms with van der Waals surface area (Å²) >= 11 is 0. The van der Waals surface area contributed by atoms with Crippen LogP contribution in [0.15, 0.2) is 59.1 Å². The molecule has 176 valence electrons. The lowest BCUT2D eigenvalue weighted by Gasteiger charge is -2.30. The first-order valence-corrected chi connectivity index (χ1v) is 11.9. The molecule has 2 aromatic carbocycles. The molecule has 0 radical (unpaired) electrons. The highest BCUT2D eigenvalue weighted by atomic mass is 16.5. The number of hydrogen-bond donors (Lipinski definition) is 1. The topological polar surface area (TPSA) is 91.6 Å². The first-order valence-electron chi connectivity index (χ1n) is 11.9. The van der Waals surface area contributed by atoms with Gasteiger partial charge in [0.15, 0.2) is 0 Å². The highest BCUT2D eigenvalue weighted by Gasteiger charge is 2.26. The fraction of sp³-hybridized carbons (Fsp3) is 0.385. The molecule has 0 aliphatic carbocycles. The molecule has 3 aromatic rings. The molecule has 1 aromatic heterocycles. The van der Waals surface area contributed by atoms with E-state index >= 15 is 0 Å². The number of piperidine rings is 1. The van der Waals surface area contributed by atoms with E-state index in [1.807, 2.05) is 59.5 Å². The average Bonchev–Trinajstić information content (AvgIpc) is 3.53. The van der Waals surface area contributed by atoms with E-state index in [1.54, 1.807) is 0 Å². The molecule has 0 spiro atoms. The Morgan fingerprint density at radius 2 is 1.88 bits per heavy atom. The lowest BCUT2D eigenvalue weighted by molar-refractivity contribution is -0.126. The standard InChI is InChI=1S/C26H29N5O3/c32-24-10-5-13-31(24)22-9-4-6-19(16-22)17-27-26(33)21-11-14-30(15-12-21)18-23-28-25(29-34-23)20-7-2-1-3-8-20/h1-4,6-9,16,21H,5,10-15,17-18H2,(H,27,33). The average molecular weight is 460 g/mol. The minimum atomic E-state index is 0.00200. The van der Waals surface area contributed by atoms with Crippen molar-refractivity contribution in [3.05, 3.63) is 66.1 Å². The van der Waals surface area contributed by atoms with Crippen LogP contribution < -0.4 is 10.2 Å². The number of rotatable bonds is 7. The van der Waals surface area contributed by atoms with Gasteiger partial charge in [-0.15, -0.1) is 0 Å². The molecule has 1 N–H and O–H groups in total. The molecule has 2 aliphatic heterocycles. The first kappa shape index (κ1) is 22.3. The largest absolute Gasteiger partial charge is 0.352 e. The summed E-state index contributed by atoms with van der Waals surface area (Å²) in [7, 11) is 0. The second-order valence-corrected chi connectivity index (χ2v) is 8.96. The molecule has 34 heavy (non-hydrogen) atoms. The van der Waals surface area contributed by atoms with Crippen LogP contribution in [0.5, 0.6) is 0 Å². The predicted octanol–water partition coefficient (Wildman–Crippen LogP) is 3.39. The maximum absolute atomic E-state index is 12.8. The van der Waals surface area contributed by atoms with E-state index in [0.717, 1.165) is 55.7 Å². The molecule has 3 heterocycles. The van der Waals surface area contributed by atoms with E-state index in [4.69, 9.17) is 4.52 Å². The van der Waals surface area contributed by atoms with E-state index in [-0.39, 0.29) is 17.7 Å². The summed E-state index contributed by atoms with van der Waals surface area (Å²) in [5.74, 6) is 1.46. The number of carbonyl (C=O) groups is 2. The van der Waals surface area contributed by atoms with Crippen molar-refractivity contribution in [2.75, 3.05) is 24.5 Å². The Bertz CT molecular complexity index is 1140. The van der Waals surface area contributed by atoms with E-state index in [0.29, 0.717) is 31.2 Å². The molecule has 0 atom stereocenters. The van der Waals surface area contributed by atoms with Gasteiger partial charge in [-0.2, -0.15) is 4.98 Å². The van der Waals surface area contributed by atoms with Gasteiger partial charge in [0.1, 0.15) is 0 Å². The van der Waals surface area contributed by atoms with E-state index in [9.17, 15) is 9.59 Å². The fourth-order valence-electron chi connectivity index (χ4n) is 4.66. The van der Waals surface area contributed by atoms with Crippen molar-refractivity contribution in [3.63, 3.8) is 0 Å². The van der Waals surface area contributed by atoms with E-state index in [2.05, 4.69) is 20.4 Å². The second-order valence-electron chi connectivity index (χ2n) is 8.96. The third-order valence-corrected chi connectivity index (χ3v) is 6.58. The molecular formula is C26H29N5O3. The molecule has 2 amide bonds. The molecule has 2 saturated heterocycles. The second kappa shape index (κ2) is 10.2. The Balaban J connectivity index is 1.09. The number of likely N-dealkylation sites (tertiary alicyclic amines) is 1. The van der Waals surface area contributed by atoms with Crippen molar-refractivity contribution >= 4 is 17.5 Å². The van der Waals surface area contributed by atoms with Crippen LogP contribution in [-0.4, -0.2) is 46.5 Å². The predicted molar refractivity (Wildman–Crippen MR) is 128 cm³/mol. The zero-order chi connectivity index (χ0) is 23.3. The molecular weight excluding hydrogens is 430 g/mol. The molecule has 0 unspecified atom stereocenters. The third-order valence-electron chi connectivity index (χ3n) is 6.58. The Morgan fingerprint density at radius 1 is 1.06 bits per heavy atom. The van der Waals surface area contributed by atoms with Crippen molar-refractivity contribution < 1.29 is 14.1 Å². The molecule has 0 saturated carbocycles. The van der Waals surface area contributed by atoms with Gasteiger partial charge in [0.25, 0.3) is 0 Å². The molecule has 8 nitrogen and oxygen atoms in total. The Morgan fingerprint density at radius 3 is 2.65 bits per heavy atom. The Kier molecular flexibility index (Phi) is 6.67. The monoisotopic (exact) mass is 459 g/mol. The number of amides is 2. The fourth-order valence-corrected chi connectivity index (χ4v) is 4.66. The van der Waals surface area contributed by atoms with Gasteiger partial charge in [0, 0.05) is 36.7 Å². The smallest absolute Gasteiger partial charge is 0.241 e. The Hall–Kier alpha value is -3.52. The Labute approximate surface area is 198 Å². The maximum atomic E-state index is 12.8. The number of aromatic nitrogens is 2. The van der Waals surface area contributed by atoms with Gasteiger partial charge >= 0.3 is 0 Å². The van der Waals surface area contributed by atoms with Crippen LogP contribution >= 0.6 is 0 Å². The summed E-state index contributed by atoms with van der Waals surface area (Å²) in [6.07, 6.45) is 3.11. The zero-order valence-electron chi connectivity index (χ0n) is 19.2. The van der Waals surface area contributed by atoms with Gasteiger partial charge in [-0.3, -0.25) is 14.5 Å². The summed E-state index contributed by atoms with van der Waals surface area (Å²) in [5, 5.41) is 7.17. The van der Waals surface area contributed by atoms with Crippen LogP contribution in [0.1, 0.15) is 37.1 Å². The quantitative estimate of drug-likeness (QED) is 0.582. The summed E-state index contributed by atoms with van der Waals surface area (Å²) < 4.78 is 5.43. The lowest BCUT2D eigenvalue weighted by Crippen LogP contribution is -2.40. The third kappa shape index (κ3) is 5.17. The van der Waals surface area contributed by atoms with Crippen molar-refractivity contribution in [1.29, 1.82) is 0 Å².